The summed E-state index contributed by atoms with van der Waals surface area (Å²) in [6.45, 7) is 4.00. The number of rotatable bonds is 2. The van der Waals surface area contributed by atoms with Gasteiger partial charge in [-0.1, -0.05) is 30.3 Å². The lowest BCUT2D eigenvalue weighted by atomic mass is 10.1. The number of hydrogen-bond acceptors (Lipinski definition) is 3. The van der Waals surface area contributed by atoms with Gasteiger partial charge in [0.25, 0.3) is 0 Å². The molecular weight excluding hydrogens is 308 g/mol. The number of anilines is 1. The van der Waals surface area contributed by atoms with Crippen LogP contribution in [0.4, 0.5) is 5.82 Å². The van der Waals surface area contributed by atoms with Crippen molar-refractivity contribution in [2.24, 2.45) is 0 Å². The molecule has 0 saturated heterocycles. The van der Waals surface area contributed by atoms with E-state index in [1.807, 2.05) is 12.3 Å². The third-order valence-corrected chi connectivity index (χ3v) is 5.15. The predicted molar refractivity (Wildman–Crippen MR) is 103 cm³/mol. The Hall–Kier alpha value is -3.01. The molecule has 5 rings (SSSR count). The lowest BCUT2D eigenvalue weighted by molar-refractivity contribution is 0.292. The van der Waals surface area contributed by atoms with Gasteiger partial charge in [-0.25, -0.2) is 4.98 Å². The number of pyridine rings is 1. The van der Waals surface area contributed by atoms with Gasteiger partial charge in [0.05, 0.1) is 6.54 Å². The van der Waals surface area contributed by atoms with Crippen LogP contribution in [0.5, 0.6) is 0 Å². The van der Waals surface area contributed by atoms with Crippen LogP contribution in [0.15, 0.2) is 61.1 Å². The zero-order valence-corrected chi connectivity index (χ0v) is 14.2. The summed E-state index contributed by atoms with van der Waals surface area (Å²) in [5.74, 6) is 1.07. The minimum Gasteiger partial charge on any atom is -0.347 e. The van der Waals surface area contributed by atoms with Crippen LogP contribution in [0.25, 0.3) is 23.0 Å². The van der Waals surface area contributed by atoms with Crippen LogP contribution < -0.4 is 4.90 Å². The van der Waals surface area contributed by atoms with Gasteiger partial charge in [0.1, 0.15) is 12.0 Å². The van der Waals surface area contributed by atoms with E-state index in [1.54, 1.807) is 0 Å². The summed E-state index contributed by atoms with van der Waals surface area (Å²) in [5, 5.41) is 2.63. The van der Waals surface area contributed by atoms with Crippen molar-refractivity contribution in [3.8, 4) is 0 Å². The minimum absolute atomic E-state index is 0.186. The fraction of sp³-hybridized carbons (Fsp3) is 0.190. The highest BCUT2D eigenvalue weighted by Gasteiger charge is 2.28. The van der Waals surface area contributed by atoms with Crippen LogP contribution in [-0.2, 0) is 6.54 Å². The van der Waals surface area contributed by atoms with E-state index < -0.39 is 0 Å². The van der Waals surface area contributed by atoms with Gasteiger partial charge < -0.3 is 14.4 Å². The molecule has 0 spiro atoms. The molecule has 2 aromatic heterocycles. The molecule has 4 nitrogen and oxygen atoms in total. The number of fused-ring (bicyclic) bond motifs is 4. The molecule has 4 heteroatoms. The van der Waals surface area contributed by atoms with Crippen molar-refractivity contribution in [3.63, 3.8) is 0 Å². The topological polar surface area (TPSA) is 24.3 Å². The molecule has 0 fully saturated rings. The lowest BCUT2D eigenvalue weighted by Gasteiger charge is -2.41. The second kappa shape index (κ2) is 5.52. The predicted octanol–water partition coefficient (Wildman–Crippen LogP) is 4.16. The van der Waals surface area contributed by atoms with Crippen molar-refractivity contribution in [3.05, 3.63) is 72.3 Å². The molecule has 1 unspecified atom stereocenters. The first-order valence-electron chi connectivity index (χ1n) is 8.77. The Morgan fingerprint density at radius 2 is 2.04 bits per heavy atom. The van der Waals surface area contributed by atoms with Crippen LogP contribution in [0.3, 0.4) is 0 Å². The Morgan fingerprint density at radius 1 is 1.12 bits per heavy atom. The van der Waals surface area contributed by atoms with Crippen LogP contribution in [0.2, 0.25) is 0 Å². The molecule has 0 saturated carbocycles. The molecule has 2 aliphatic heterocycles. The maximum Gasteiger partial charge on any atom is 0.137 e. The first-order chi connectivity index (χ1) is 12.3. The second-order valence-electron chi connectivity index (χ2n) is 6.52. The highest BCUT2D eigenvalue weighted by Crippen LogP contribution is 2.32. The first-order valence-corrected chi connectivity index (χ1v) is 8.77. The van der Waals surface area contributed by atoms with Crippen molar-refractivity contribution < 1.29 is 0 Å². The first kappa shape index (κ1) is 14.3. The van der Waals surface area contributed by atoms with Gasteiger partial charge >= 0.3 is 0 Å². The van der Waals surface area contributed by atoms with Gasteiger partial charge in [0.2, 0.25) is 0 Å². The summed E-state index contributed by atoms with van der Waals surface area (Å²) in [5.41, 5.74) is 2.53. The zero-order valence-electron chi connectivity index (χ0n) is 14.2. The van der Waals surface area contributed by atoms with Crippen molar-refractivity contribution in [1.82, 2.24) is 14.5 Å². The summed E-state index contributed by atoms with van der Waals surface area (Å²) in [6, 6.07) is 12.7. The zero-order chi connectivity index (χ0) is 16.8. The molecule has 1 aromatic carbocycles. The number of benzene rings is 1. The number of aromatic nitrogens is 2. The van der Waals surface area contributed by atoms with Crippen molar-refractivity contribution in [2.75, 3.05) is 11.4 Å². The fourth-order valence-corrected chi connectivity index (χ4v) is 3.93. The molecule has 0 radical (unpaired) electrons. The minimum atomic E-state index is 0.186. The van der Waals surface area contributed by atoms with E-state index in [2.05, 4.69) is 87.4 Å². The maximum absolute atomic E-state index is 4.62. The van der Waals surface area contributed by atoms with Crippen LogP contribution in [-0.4, -0.2) is 27.2 Å². The van der Waals surface area contributed by atoms with E-state index in [0.717, 1.165) is 18.9 Å². The van der Waals surface area contributed by atoms with Gasteiger partial charge in [0.15, 0.2) is 0 Å². The second-order valence-corrected chi connectivity index (χ2v) is 6.52. The Bertz CT molecular complexity index is 998. The maximum atomic E-state index is 4.62. The SMILES string of the molecule is CCN1c2ncccc2C=CC1N1C=Cn2cc3ccccc3c2C1. The fourth-order valence-electron chi connectivity index (χ4n) is 3.93. The molecule has 0 amide bonds. The highest BCUT2D eigenvalue weighted by atomic mass is 15.4. The number of hydrogen-bond donors (Lipinski definition) is 0. The molecule has 0 N–H and O–H groups in total. The summed E-state index contributed by atoms with van der Waals surface area (Å²) < 4.78 is 2.25. The van der Waals surface area contributed by atoms with E-state index in [4.69, 9.17) is 0 Å². The van der Waals surface area contributed by atoms with E-state index >= 15 is 0 Å². The molecule has 25 heavy (non-hydrogen) atoms. The summed E-state index contributed by atoms with van der Waals surface area (Å²) in [4.78, 5) is 9.37. The monoisotopic (exact) mass is 328 g/mol. The molecule has 1 atom stereocenters. The van der Waals surface area contributed by atoms with E-state index in [9.17, 15) is 0 Å². The summed E-state index contributed by atoms with van der Waals surface area (Å²) in [6.07, 6.45) is 13.1. The normalized spacial score (nSPS) is 18.5. The molecule has 0 bridgehead atoms. The largest absolute Gasteiger partial charge is 0.347 e. The number of nitrogens with zero attached hydrogens (tertiary/aromatic N) is 4. The van der Waals surface area contributed by atoms with Gasteiger partial charge in [-0.3, -0.25) is 0 Å². The van der Waals surface area contributed by atoms with Crippen LogP contribution in [0.1, 0.15) is 18.2 Å². The standard InChI is InChI=1S/C21H20N4/c1-2-25-20(10-9-16-7-5-11-22-21(16)25)24-13-12-23-14-17-6-3-4-8-18(17)19(23)15-24/h3-14,20H,2,15H2,1H3. The Labute approximate surface area is 147 Å². The Morgan fingerprint density at radius 3 is 2.96 bits per heavy atom. The molecule has 3 aromatic rings. The van der Waals surface area contributed by atoms with Crippen LogP contribution in [0, 0.1) is 0 Å². The molecule has 124 valence electrons. The average Bonchev–Trinajstić information content (AvgIpc) is 3.05. The number of likely N-dealkylation sites (N-methyl/N-ethyl adjacent to an activating group) is 1. The van der Waals surface area contributed by atoms with E-state index in [1.165, 1.54) is 22.0 Å². The third kappa shape index (κ3) is 2.18. The quantitative estimate of drug-likeness (QED) is 0.706. The smallest absolute Gasteiger partial charge is 0.137 e. The molecule has 4 heterocycles. The van der Waals surface area contributed by atoms with Gasteiger partial charge in [-0.15, -0.1) is 0 Å². The van der Waals surface area contributed by atoms with Crippen LogP contribution >= 0.6 is 0 Å². The molecular formula is C21H20N4. The summed E-state index contributed by atoms with van der Waals surface area (Å²) >= 11 is 0. The van der Waals surface area contributed by atoms with Crippen molar-refractivity contribution >= 4 is 28.9 Å². The average molecular weight is 328 g/mol. The van der Waals surface area contributed by atoms with Gasteiger partial charge in [0, 0.05) is 53.4 Å². The Kier molecular flexibility index (Phi) is 3.17. The van der Waals surface area contributed by atoms with Crippen molar-refractivity contribution in [1.29, 1.82) is 0 Å². The summed E-state index contributed by atoms with van der Waals surface area (Å²) in [7, 11) is 0. The van der Waals surface area contributed by atoms with E-state index in [-0.39, 0.29) is 6.17 Å². The molecule has 2 aliphatic rings. The van der Waals surface area contributed by atoms with Crippen molar-refractivity contribution in [2.45, 2.75) is 19.6 Å². The van der Waals surface area contributed by atoms with E-state index in [0.29, 0.717) is 0 Å². The van der Waals surface area contributed by atoms with Gasteiger partial charge in [-0.2, -0.15) is 0 Å². The highest BCUT2D eigenvalue weighted by molar-refractivity contribution is 5.86. The molecule has 0 aliphatic carbocycles. The third-order valence-electron chi connectivity index (χ3n) is 5.15. The Balaban J connectivity index is 1.53. The lowest BCUT2D eigenvalue weighted by Crippen LogP contribution is -2.47. The van der Waals surface area contributed by atoms with Gasteiger partial charge in [-0.05, 0) is 25.1 Å².